The van der Waals surface area contributed by atoms with E-state index in [2.05, 4.69) is 0 Å². The summed E-state index contributed by atoms with van der Waals surface area (Å²) in [6.45, 7) is 0. The Bertz CT molecular complexity index is 942. The zero-order chi connectivity index (χ0) is 16.9. The van der Waals surface area contributed by atoms with Crippen molar-refractivity contribution < 1.29 is 14.5 Å². The van der Waals surface area contributed by atoms with Gasteiger partial charge < -0.3 is 4.74 Å². The maximum Gasteiger partial charge on any atom is 0.273 e. The van der Waals surface area contributed by atoms with Gasteiger partial charge in [0.15, 0.2) is 5.78 Å². The lowest BCUT2D eigenvalue weighted by atomic mass is 10.0. The van der Waals surface area contributed by atoms with Gasteiger partial charge in [-0.2, -0.15) is 0 Å². The van der Waals surface area contributed by atoms with Crippen LogP contribution in [0.25, 0.3) is 10.8 Å². The minimum atomic E-state index is -0.502. The van der Waals surface area contributed by atoms with Crippen LogP contribution in [0.5, 0.6) is 5.75 Å². The molecule has 5 nitrogen and oxygen atoms in total. The monoisotopic (exact) mass is 319 g/mol. The van der Waals surface area contributed by atoms with Crippen molar-refractivity contribution in [1.29, 1.82) is 0 Å². The molecule has 0 fully saturated rings. The van der Waals surface area contributed by atoms with E-state index in [9.17, 15) is 14.9 Å². The SMILES string of the molecule is O=C(/C=C/Oc1cccc([N+](=O)[O-])c1)c1cccc2ccccc12. The van der Waals surface area contributed by atoms with Gasteiger partial charge in [-0.25, -0.2) is 0 Å². The van der Waals surface area contributed by atoms with E-state index in [1.807, 2.05) is 36.4 Å². The lowest BCUT2D eigenvalue weighted by molar-refractivity contribution is -0.384. The standard InChI is InChI=1S/C19H13NO4/c21-19(18-10-3-6-14-5-1-2-9-17(14)18)11-12-24-16-8-4-7-15(13-16)20(22)23/h1-13H/b12-11+. The van der Waals surface area contributed by atoms with Crippen LogP contribution in [0.1, 0.15) is 10.4 Å². The molecule has 0 aromatic heterocycles. The molecule has 3 aromatic carbocycles. The second-order valence-electron chi connectivity index (χ2n) is 5.07. The molecule has 0 aliphatic heterocycles. The van der Waals surface area contributed by atoms with Crippen molar-refractivity contribution >= 4 is 22.2 Å². The number of nitro benzene ring substituents is 1. The number of rotatable bonds is 5. The average molecular weight is 319 g/mol. The van der Waals surface area contributed by atoms with Gasteiger partial charge >= 0.3 is 0 Å². The summed E-state index contributed by atoms with van der Waals surface area (Å²) in [7, 11) is 0. The first-order chi connectivity index (χ1) is 11.6. The lowest BCUT2D eigenvalue weighted by Gasteiger charge is -2.03. The summed E-state index contributed by atoms with van der Waals surface area (Å²) in [5.41, 5.74) is 0.508. The lowest BCUT2D eigenvalue weighted by Crippen LogP contribution is -1.96. The molecule has 0 saturated heterocycles. The molecule has 0 unspecified atom stereocenters. The highest BCUT2D eigenvalue weighted by Gasteiger charge is 2.08. The second kappa shape index (κ2) is 6.75. The highest BCUT2D eigenvalue weighted by molar-refractivity contribution is 6.13. The number of hydrogen-bond donors (Lipinski definition) is 0. The summed E-state index contributed by atoms with van der Waals surface area (Å²) in [5, 5.41) is 12.6. The van der Waals surface area contributed by atoms with Crippen molar-refractivity contribution in [2.75, 3.05) is 0 Å². The van der Waals surface area contributed by atoms with E-state index in [-0.39, 0.29) is 11.5 Å². The third-order valence-corrected chi connectivity index (χ3v) is 3.51. The van der Waals surface area contributed by atoms with Crippen LogP contribution in [0.2, 0.25) is 0 Å². The van der Waals surface area contributed by atoms with Crippen LogP contribution in [-0.2, 0) is 0 Å². The Morgan fingerprint density at radius 3 is 2.58 bits per heavy atom. The van der Waals surface area contributed by atoms with E-state index >= 15 is 0 Å². The maximum absolute atomic E-state index is 12.3. The molecule has 24 heavy (non-hydrogen) atoms. The number of non-ortho nitro benzene ring substituents is 1. The van der Waals surface area contributed by atoms with E-state index in [1.165, 1.54) is 30.5 Å². The van der Waals surface area contributed by atoms with E-state index in [0.29, 0.717) is 11.3 Å². The minimum Gasteiger partial charge on any atom is -0.465 e. The third-order valence-electron chi connectivity index (χ3n) is 3.51. The van der Waals surface area contributed by atoms with Gasteiger partial charge in [0.25, 0.3) is 5.69 Å². The van der Waals surface area contributed by atoms with Gasteiger partial charge in [0.05, 0.1) is 17.3 Å². The zero-order valence-corrected chi connectivity index (χ0v) is 12.6. The van der Waals surface area contributed by atoms with Crippen molar-refractivity contribution in [3.05, 3.63) is 94.7 Å². The van der Waals surface area contributed by atoms with Gasteiger partial charge in [-0.3, -0.25) is 14.9 Å². The van der Waals surface area contributed by atoms with Crippen LogP contribution < -0.4 is 4.74 Å². The number of fused-ring (bicyclic) bond motifs is 1. The largest absolute Gasteiger partial charge is 0.465 e. The van der Waals surface area contributed by atoms with Crippen molar-refractivity contribution in [3.63, 3.8) is 0 Å². The topological polar surface area (TPSA) is 69.4 Å². The van der Waals surface area contributed by atoms with Gasteiger partial charge in [0.2, 0.25) is 0 Å². The molecule has 0 atom stereocenters. The molecule has 3 aromatic rings. The predicted molar refractivity (Wildman–Crippen MR) is 91.1 cm³/mol. The number of carbonyl (C=O) groups is 1. The summed E-state index contributed by atoms with van der Waals surface area (Å²) in [6.07, 6.45) is 2.55. The Kier molecular flexibility index (Phi) is 4.34. The first-order valence-electron chi connectivity index (χ1n) is 7.25. The molecular weight excluding hydrogens is 306 g/mol. The Labute approximate surface area is 138 Å². The van der Waals surface area contributed by atoms with E-state index in [1.54, 1.807) is 12.1 Å². The number of nitro groups is 1. The van der Waals surface area contributed by atoms with Gasteiger partial charge in [-0.15, -0.1) is 0 Å². The number of carbonyl (C=O) groups excluding carboxylic acids is 1. The van der Waals surface area contributed by atoms with Crippen LogP contribution in [0.4, 0.5) is 5.69 Å². The number of ether oxygens (including phenoxy) is 1. The van der Waals surface area contributed by atoms with Crippen LogP contribution in [-0.4, -0.2) is 10.7 Å². The van der Waals surface area contributed by atoms with Gasteiger partial charge in [0.1, 0.15) is 5.75 Å². The summed E-state index contributed by atoms with van der Waals surface area (Å²) in [6, 6.07) is 18.9. The van der Waals surface area contributed by atoms with E-state index < -0.39 is 4.92 Å². The van der Waals surface area contributed by atoms with Crippen LogP contribution >= 0.6 is 0 Å². The molecule has 118 valence electrons. The smallest absolute Gasteiger partial charge is 0.273 e. The predicted octanol–water partition coefficient (Wildman–Crippen LogP) is 4.52. The fourth-order valence-electron chi connectivity index (χ4n) is 2.37. The average Bonchev–Trinajstić information content (AvgIpc) is 2.61. The third kappa shape index (κ3) is 3.30. The van der Waals surface area contributed by atoms with Gasteiger partial charge in [-0.05, 0) is 16.8 Å². The van der Waals surface area contributed by atoms with Crippen LogP contribution in [0.3, 0.4) is 0 Å². The number of benzene rings is 3. The Morgan fingerprint density at radius 2 is 1.75 bits per heavy atom. The maximum atomic E-state index is 12.3. The molecular formula is C19H13NO4. The Hall–Kier alpha value is -3.47. The fraction of sp³-hybridized carbons (Fsp3) is 0. The number of allylic oxidation sites excluding steroid dienone is 1. The summed E-state index contributed by atoms with van der Waals surface area (Å²) in [4.78, 5) is 22.6. The highest BCUT2D eigenvalue weighted by atomic mass is 16.6. The normalized spacial score (nSPS) is 10.8. The first-order valence-corrected chi connectivity index (χ1v) is 7.25. The van der Waals surface area contributed by atoms with E-state index in [4.69, 9.17) is 4.74 Å². The van der Waals surface area contributed by atoms with Crippen molar-refractivity contribution in [2.45, 2.75) is 0 Å². The number of ketones is 1. The van der Waals surface area contributed by atoms with Gasteiger partial charge in [0, 0.05) is 17.7 Å². The molecule has 0 heterocycles. The summed E-state index contributed by atoms with van der Waals surface area (Å²) >= 11 is 0. The van der Waals surface area contributed by atoms with Crippen molar-refractivity contribution in [2.24, 2.45) is 0 Å². The molecule has 3 rings (SSSR count). The molecule has 0 radical (unpaired) electrons. The zero-order valence-electron chi connectivity index (χ0n) is 12.6. The summed E-state index contributed by atoms with van der Waals surface area (Å²) in [5.74, 6) is 0.100. The molecule has 0 amide bonds. The molecule has 5 heteroatoms. The van der Waals surface area contributed by atoms with Crippen LogP contribution in [0.15, 0.2) is 79.1 Å². The minimum absolute atomic E-state index is 0.0683. The molecule has 0 bridgehead atoms. The quantitative estimate of drug-likeness (QED) is 0.228. The van der Waals surface area contributed by atoms with E-state index in [0.717, 1.165) is 10.8 Å². The van der Waals surface area contributed by atoms with Crippen molar-refractivity contribution in [3.8, 4) is 5.75 Å². The number of nitrogens with zero attached hydrogens (tertiary/aromatic N) is 1. The second-order valence-corrected chi connectivity index (χ2v) is 5.07. The highest BCUT2D eigenvalue weighted by Crippen LogP contribution is 2.21. The Morgan fingerprint density at radius 1 is 1.00 bits per heavy atom. The fourth-order valence-corrected chi connectivity index (χ4v) is 2.37. The van der Waals surface area contributed by atoms with Crippen molar-refractivity contribution in [1.82, 2.24) is 0 Å². The molecule has 0 aliphatic rings. The molecule has 0 saturated carbocycles. The molecule has 0 spiro atoms. The van der Waals surface area contributed by atoms with Crippen LogP contribution in [0, 0.1) is 10.1 Å². The molecule has 0 N–H and O–H groups in total. The van der Waals surface area contributed by atoms with Gasteiger partial charge in [-0.1, -0.05) is 48.5 Å². The number of hydrogen-bond acceptors (Lipinski definition) is 4. The first kappa shape index (κ1) is 15.4. The Balaban J connectivity index is 1.78. The summed E-state index contributed by atoms with van der Waals surface area (Å²) < 4.78 is 5.30. The molecule has 0 aliphatic carbocycles.